The summed E-state index contributed by atoms with van der Waals surface area (Å²) in [6, 6.07) is 4.06. The van der Waals surface area contributed by atoms with Crippen LogP contribution in [-0.2, 0) is 7.05 Å². The molecule has 0 aliphatic carbocycles. The van der Waals surface area contributed by atoms with Crippen LogP contribution >= 0.6 is 0 Å². The van der Waals surface area contributed by atoms with Crippen LogP contribution in [0.1, 0.15) is 5.69 Å². The van der Waals surface area contributed by atoms with Gasteiger partial charge >= 0.3 is 0 Å². The zero-order chi connectivity index (χ0) is 7.84. The highest BCUT2D eigenvalue weighted by Crippen LogP contribution is 2.15. The van der Waals surface area contributed by atoms with E-state index in [2.05, 4.69) is 22.5 Å². The maximum atomic E-state index is 4.24. The Labute approximate surface area is 65.5 Å². The monoisotopic (exact) mass is 146 g/mol. The van der Waals surface area contributed by atoms with E-state index in [1.54, 1.807) is 0 Å². The third-order valence-corrected chi connectivity index (χ3v) is 2.07. The molecule has 56 valence electrons. The third-order valence-electron chi connectivity index (χ3n) is 2.07. The van der Waals surface area contributed by atoms with Crippen LogP contribution in [0.25, 0.3) is 10.9 Å². The Hall–Kier alpha value is -1.31. The van der Waals surface area contributed by atoms with Crippen LogP contribution in [0.4, 0.5) is 0 Å². The highest BCUT2D eigenvalue weighted by molar-refractivity contribution is 5.81. The largest absolute Gasteiger partial charge is 0.352 e. The van der Waals surface area contributed by atoms with Crippen molar-refractivity contribution in [1.82, 2.24) is 9.55 Å². The lowest BCUT2D eigenvalue weighted by Crippen LogP contribution is -1.85. The van der Waals surface area contributed by atoms with E-state index >= 15 is 0 Å². The molecule has 0 atom stereocenters. The molecule has 0 N–H and O–H groups in total. The number of aryl methyl sites for hydroxylation is 2. The lowest BCUT2D eigenvalue weighted by Gasteiger charge is -1.92. The van der Waals surface area contributed by atoms with E-state index in [0.717, 1.165) is 5.52 Å². The first kappa shape index (κ1) is 6.40. The number of rotatable bonds is 0. The van der Waals surface area contributed by atoms with Gasteiger partial charge in [-0.15, -0.1) is 0 Å². The van der Waals surface area contributed by atoms with Crippen molar-refractivity contribution in [3.63, 3.8) is 0 Å². The second-order valence-corrected chi connectivity index (χ2v) is 2.76. The molecule has 2 rings (SSSR count). The average molecular weight is 146 g/mol. The fraction of sp³-hybridized carbons (Fsp3) is 0.222. The molecule has 2 aromatic heterocycles. The maximum Gasteiger partial charge on any atom is 0.0881 e. The van der Waals surface area contributed by atoms with E-state index in [1.165, 1.54) is 11.1 Å². The van der Waals surface area contributed by atoms with E-state index < -0.39 is 0 Å². The summed E-state index contributed by atoms with van der Waals surface area (Å²) in [7, 11) is 2.04. The molecule has 0 aromatic carbocycles. The van der Waals surface area contributed by atoms with Crippen molar-refractivity contribution in [2.75, 3.05) is 0 Å². The first-order chi connectivity index (χ1) is 5.29. The quantitative estimate of drug-likeness (QED) is 0.555. The molecule has 2 nitrogen and oxygen atoms in total. The molecule has 0 unspecified atom stereocenters. The van der Waals surface area contributed by atoms with Crippen LogP contribution in [0.3, 0.4) is 0 Å². The van der Waals surface area contributed by atoms with Gasteiger partial charge in [-0.1, -0.05) is 0 Å². The van der Waals surface area contributed by atoms with Gasteiger partial charge in [0.1, 0.15) is 0 Å². The van der Waals surface area contributed by atoms with Crippen molar-refractivity contribution < 1.29 is 0 Å². The molecule has 0 aliphatic heterocycles. The zero-order valence-electron chi connectivity index (χ0n) is 6.70. The minimum absolute atomic E-state index is 1.08. The summed E-state index contributed by atoms with van der Waals surface area (Å²) in [6.07, 6.45) is 3.87. The zero-order valence-corrected chi connectivity index (χ0v) is 6.70. The van der Waals surface area contributed by atoms with Gasteiger partial charge in [-0.05, 0) is 19.1 Å². The first-order valence-electron chi connectivity index (χ1n) is 3.65. The molecule has 11 heavy (non-hydrogen) atoms. The minimum Gasteiger partial charge on any atom is -0.352 e. The van der Waals surface area contributed by atoms with Crippen LogP contribution in [0.15, 0.2) is 24.5 Å². The lowest BCUT2D eigenvalue weighted by molar-refractivity contribution is 0.888. The topological polar surface area (TPSA) is 17.8 Å². The fourth-order valence-electron chi connectivity index (χ4n) is 1.30. The summed E-state index contributed by atoms with van der Waals surface area (Å²) in [6.45, 7) is 2.10. The summed E-state index contributed by atoms with van der Waals surface area (Å²) in [4.78, 5) is 4.24. The van der Waals surface area contributed by atoms with Crippen molar-refractivity contribution >= 4 is 10.9 Å². The van der Waals surface area contributed by atoms with Gasteiger partial charge in [0.15, 0.2) is 0 Å². The third kappa shape index (κ3) is 0.827. The molecule has 0 bridgehead atoms. The molecule has 2 aromatic rings. The van der Waals surface area contributed by atoms with Crippen molar-refractivity contribution in [2.24, 2.45) is 7.05 Å². The minimum atomic E-state index is 1.08. The van der Waals surface area contributed by atoms with Crippen LogP contribution in [0.2, 0.25) is 0 Å². The highest BCUT2D eigenvalue weighted by atomic mass is 14.9. The van der Waals surface area contributed by atoms with Crippen molar-refractivity contribution in [2.45, 2.75) is 6.92 Å². The Morgan fingerprint density at radius 1 is 1.45 bits per heavy atom. The predicted molar refractivity (Wildman–Crippen MR) is 45.5 cm³/mol. The van der Waals surface area contributed by atoms with Crippen LogP contribution < -0.4 is 0 Å². The molecule has 0 fully saturated rings. The van der Waals surface area contributed by atoms with Gasteiger partial charge in [-0.2, -0.15) is 0 Å². The molecule has 0 saturated carbocycles. The molecular weight excluding hydrogens is 136 g/mol. The Balaban J connectivity index is 2.92. The fourth-order valence-corrected chi connectivity index (χ4v) is 1.30. The molecular formula is C9H10N2. The number of hydrogen-bond donors (Lipinski definition) is 0. The summed E-state index contributed by atoms with van der Waals surface area (Å²) < 4.78 is 2.09. The lowest BCUT2D eigenvalue weighted by atomic mass is 10.3. The highest BCUT2D eigenvalue weighted by Gasteiger charge is 2.00. The number of aromatic nitrogens is 2. The normalized spacial score (nSPS) is 10.7. The van der Waals surface area contributed by atoms with Crippen molar-refractivity contribution in [3.8, 4) is 0 Å². The molecule has 0 spiro atoms. The maximum absolute atomic E-state index is 4.24. The van der Waals surface area contributed by atoms with Gasteiger partial charge < -0.3 is 4.57 Å². The molecule has 0 saturated heterocycles. The van der Waals surface area contributed by atoms with E-state index in [9.17, 15) is 0 Å². The predicted octanol–water partition coefficient (Wildman–Crippen LogP) is 1.88. The average Bonchev–Trinajstić information content (AvgIpc) is 2.30. The molecule has 2 heterocycles. The smallest absolute Gasteiger partial charge is 0.0881 e. The van der Waals surface area contributed by atoms with Crippen molar-refractivity contribution in [1.29, 1.82) is 0 Å². The van der Waals surface area contributed by atoms with Gasteiger partial charge in [0.25, 0.3) is 0 Å². The Morgan fingerprint density at radius 3 is 3.00 bits per heavy atom. The van der Waals surface area contributed by atoms with E-state index in [1.807, 2.05) is 25.5 Å². The second-order valence-electron chi connectivity index (χ2n) is 2.76. The van der Waals surface area contributed by atoms with Gasteiger partial charge in [-0.3, -0.25) is 4.98 Å². The van der Waals surface area contributed by atoms with Crippen LogP contribution in [0, 0.1) is 6.92 Å². The van der Waals surface area contributed by atoms with Gasteiger partial charge in [0.05, 0.1) is 5.52 Å². The standard InChI is InChI=1S/C9H10N2/c1-7-8-4-3-5-10-9(8)6-11(7)2/h3-6H,1-2H3. The number of pyridine rings is 1. The van der Waals surface area contributed by atoms with Crippen molar-refractivity contribution in [3.05, 3.63) is 30.2 Å². The van der Waals surface area contributed by atoms with Crippen LogP contribution in [0.5, 0.6) is 0 Å². The SMILES string of the molecule is Cc1c2cccnc2cn1C. The summed E-state index contributed by atoms with van der Waals surface area (Å²) in [5, 5.41) is 1.25. The number of hydrogen-bond acceptors (Lipinski definition) is 1. The van der Waals surface area contributed by atoms with Crippen LogP contribution in [-0.4, -0.2) is 9.55 Å². The molecule has 0 radical (unpaired) electrons. The van der Waals surface area contributed by atoms with E-state index in [0.29, 0.717) is 0 Å². The van der Waals surface area contributed by atoms with E-state index in [-0.39, 0.29) is 0 Å². The van der Waals surface area contributed by atoms with Gasteiger partial charge in [0, 0.05) is 30.5 Å². The number of nitrogens with zero attached hydrogens (tertiary/aromatic N) is 2. The summed E-state index contributed by atoms with van der Waals surface area (Å²) >= 11 is 0. The molecule has 0 aliphatic rings. The van der Waals surface area contributed by atoms with E-state index in [4.69, 9.17) is 0 Å². The van der Waals surface area contributed by atoms with Gasteiger partial charge in [-0.25, -0.2) is 0 Å². The Kier molecular flexibility index (Phi) is 1.22. The second kappa shape index (κ2) is 2.09. The molecule has 0 amide bonds. The molecule has 2 heteroatoms. The van der Waals surface area contributed by atoms with Gasteiger partial charge in [0.2, 0.25) is 0 Å². The first-order valence-corrected chi connectivity index (χ1v) is 3.65. The Bertz CT molecular complexity index is 387. The summed E-state index contributed by atoms with van der Waals surface area (Å²) in [5.41, 5.74) is 2.35. The number of fused-ring (bicyclic) bond motifs is 1. The summed E-state index contributed by atoms with van der Waals surface area (Å²) in [5.74, 6) is 0. The Morgan fingerprint density at radius 2 is 2.27 bits per heavy atom.